The van der Waals surface area contributed by atoms with Crippen molar-refractivity contribution in [3.63, 3.8) is 0 Å². The van der Waals surface area contributed by atoms with E-state index in [0.717, 1.165) is 19.3 Å². The maximum absolute atomic E-state index is 13.0. The highest BCUT2D eigenvalue weighted by Crippen LogP contribution is 2.33. The summed E-state index contributed by atoms with van der Waals surface area (Å²) in [6.45, 7) is 9.11. The molecule has 1 atom stereocenters. The third-order valence-electron chi connectivity index (χ3n) is 5.70. The van der Waals surface area contributed by atoms with Crippen LogP contribution in [0.4, 0.5) is 18.0 Å². The molecule has 7 nitrogen and oxygen atoms in total. The summed E-state index contributed by atoms with van der Waals surface area (Å²) in [6.07, 6.45) is -2.62. The molecule has 2 amide bonds. The molecular weight excluding hydrogens is 413 g/mol. The predicted octanol–water partition coefficient (Wildman–Crippen LogP) is 3.91. The topological polar surface area (TPSA) is 75.6 Å². The number of alkyl halides is 3. The van der Waals surface area contributed by atoms with Gasteiger partial charge in [-0.2, -0.15) is 13.2 Å². The van der Waals surface area contributed by atoms with E-state index in [-0.39, 0.29) is 17.5 Å². The fourth-order valence-corrected chi connectivity index (χ4v) is 4.21. The summed E-state index contributed by atoms with van der Waals surface area (Å²) in [6, 6.07) is 1.29. The first-order valence-electron chi connectivity index (χ1n) is 10.5. The maximum Gasteiger partial charge on any atom is 0.451 e. The molecule has 0 N–H and O–H groups in total. The van der Waals surface area contributed by atoms with Gasteiger partial charge in [-0.15, -0.1) is 0 Å². The lowest BCUT2D eigenvalue weighted by molar-refractivity contribution is -0.145. The third-order valence-corrected chi connectivity index (χ3v) is 5.70. The number of hydrogen-bond donors (Lipinski definition) is 0. The zero-order chi connectivity index (χ0) is 23.0. The molecule has 2 aliphatic heterocycles. The van der Waals surface area contributed by atoms with E-state index >= 15 is 0 Å². The average molecular weight is 442 g/mol. The summed E-state index contributed by atoms with van der Waals surface area (Å²) >= 11 is 0. The number of rotatable bonds is 2. The molecule has 3 rings (SSSR count). The van der Waals surface area contributed by atoms with Gasteiger partial charge in [0, 0.05) is 31.9 Å². The smallest absolute Gasteiger partial charge is 0.444 e. The molecule has 31 heavy (non-hydrogen) atoms. The van der Waals surface area contributed by atoms with Crippen molar-refractivity contribution in [3.8, 4) is 0 Å². The molecule has 0 aliphatic carbocycles. The predicted molar refractivity (Wildman–Crippen MR) is 106 cm³/mol. The highest BCUT2D eigenvalue weighted by molar-refractivity contribution is 5.92. The number of likely N-dealkylation sites (tertiary alicyclic amines) is 2. The van der Waals surface area contributed by atoms with Gasteiger partial charge < -0.3 is 14.5 Å². The fourth-order valence-electron chi connectivity index (χ4n) is 4.21. The normalized spacial score (nSPS) is 20.8. The van der Waals surface area contributed by atoms with E-state index in [4.69, 9.17) is 4.74 Å². The second-order valence-electron chi connectivity index (χ2n) is 9.32. The number of amides is 2. The highest BCUT2D eigenvalue weighted by Gasteiger charge is 2.38. The fraction of sp³-hybridized carbons (Fsp3) is 0.714. The number of aromatic nitrogens is 2. The van der Waals surface area contributed by atoms with Gasteiger partial charge in [0.05, 0.1) is 0 Å². The van der Waals surface area contributed by atoms with Crippen molar-refractivity contribution < 1.29 is 27.5 Å². The Morgan fingerprint density at radius 2 is 1.58 bits per heavy atom. The number of halogens is 3. The highest BCUT2D eigenvalue weighted by atomic mass is 19.4. The zero-order valence-electron chi connectivity index (χ0n) is 18.3. The molecule has 1 unspecified atom stereocenters. The van der Waals surface area contributed by atoms with Crippen LogP contribution in [-0.2, 0) is 10.9 Å². The van der Waals surface area contributed by atoms with E-state index in [2.05, 4.69) is 9.97 Å². The second-order valence-corrected chi connectivity index (χ2v) is 9.32. The molecule has 0 spiro atoms. The molecule has 2 fully saturated rings. The van der Waals surface area contributed by atoms with Crippen LogP contribution >= 0.6 is 0 Å². The molecule has 0 radical (unpaired) electrons. The van der Waals surface area contributed by atoms with E-state index < -0.39 is 23.5 Å². The minimum atomic E-state index is -4.70. The van der Waals surface area contributed by atoms with E-state index in [0.29, 0.717) is 38.0 Å². The van der Waals surface area contributed by atoms with Gasteiger partial charge in [-0.3, -0.25) is 4.79 Å². The lowest BCUT2D eigenvalue weighted by Crippen LogP contribution is -2.41. The lowest BCUT2D eigenvalue weighted by Gasteiger charge is -2.34. The molecule has 2 saturated heterocycles. The molecule has 2 aliphatic rings. The van der Waals surface area contributed by atoms with E-state index in [1.165, 1.54) is 13.0 Å². The third kappa shape index (κ3) is 5.86. The number of nitrogens with zero attached hydrogens (tertiary/aromatic N) is 4. The number of carbonyl (C=O) groups is 2. The van der Waals surface area contributed by atoms with Crippen molar-refractivity contribution >= 4 is 12.0 Å². The van der Waals surface area contributed by atoms with E-state index in [9.17, 15) is 22.8 Å². The Morgan fingerprint density at radius 1 is 1.00 bits per heavy atom. The average Bonchev–Trinajstić information content (AvgIpc) is 3.15. The SMILES string of the molecule is Cc1cc(C(=O)N2CCC(C3CCN(C(=O)OC(C)(C)C)C3)CC2)nc(C(F)(F)F)n1. The van der Waals surface area contributed by atoms with Crippen molar-refractivity contribution in [2.24, 2.45) is 11.8 Å². The Hall–Kier alpha value is -2.39. The lowest BCUT2D eigenvalue weighted by atomic mass is 9.83. The summed E-state index contributed by atoms with van der Waals surface area (Å²) in [5.74, 6) is -1.10. The van der Waals surface area contributed by atoms with E-state index in [1.54, 1.807) is 9.80 Å². The van der Waals surface area contributed by atoms with Crippen LogP contribution < -0.4 is 0 Å². The van der Waals surface area contributed by atoms with Crippen molar-refractivity contribution in [2.45, 2.75) is 58.7 Å². The summed E-state index contributed by atoms with van der Waals surface area (Å²) in [7, 11) is 0. The number of aryl methyl sites for hydroxylation is 1. The number of hydrogen-bond acceptors (Lipinski definition) is 5. The molecule has 1 aromatic rings. The quantitative estimate of drug-likeness (QED) is 0.694. The van der Waals surface area contributed by atoms with Crippen LogP contribution in [0, 0.1) is 18.8 Å². The van der Waals surface area contributed by atoms with Crippen LogP contribution in [0.15, 0.2) is 6.07 Å². The van der Waals surface area contributed by atoms with Crippen molar-refractivity contribution in [1.82, 2.24) is 19.8 Å². The van der Waals surface area contributed by atoms with Gasteiger partial charge in [0.1, 0.15) is 11.3 Å². The second kappa shape index (κ2) is 8.63. The van der Waals surface area contributed by atoms with Crippen LogP contribution in [-0.4, -0.2) is 63.5 Å². The molecule has 172 valence electrons. The molecule has 0 saturated carbocycles. The summed E-state index contributed by atoms with van der Waals surface area (Å²) in [5.41, 5.74) is -0.657. The van der Waals surface area contributed by atoms with Crippen LogP contribution in [0.25, 0.3) is 0 Å². The monoisotopic (exact) mass is 442 g/mol. The van der Waals surface area contributed by atoms with Gasteiger partial charge in [0.2, 0.25) is 5.82 Å². The molecule has 0 bridgehead atoms. The number of ether oxygens (including phenoxy) is 1. The minimum Gasteiger partial charge on any atom is -0.444 e. The van der Waals surface area contributed by atoms with Crippen molar-refractivity contribution in [3.05, 3.63) is 23.3 Å². The number of carbonyl (C=O) groups excluding carboxylic acids is 2. The van der Waals surface area contributed by atoms with Crippen molar-refractivity contribution in [1.29, 1.82) is 0 Å². The Labute approximate surface area is 180 Å². The van der Waals surface area contributed by atoms with Crippen LogP contribution in [0.2, 0.25) is 0 Å². The molecular formula is C21H29F3N4O3. The molecule has 10 heteroatoms. The van der Waals surface area contributed by atoms with E-state index in [1.807, 2.05) is 20.8 Å². The Balaban J connectivity index is 1.56. The van der Waals surface area contributed by atoms with Gasteiger partial charge in [0.25, 0.3) is 5.91 Å². The Morgan fingerprint density at radius 3 is 2.16 bits per heavy atom. The summed E-state index contributed by atoms with van der Waals surface area (Å²) < 4.78 is 44.3. The Kier molecular flexibility index (Phi) is 6.48. The first kappa shape index (κ1) is 23.3. The van der Waals surface area contributed by atoms with Crippen molar-refractivity contribution in [2.75, 3.05) is 26.2 Å². The van der Waals surface area contributed by atoms with Gasteiger partial charge in [0.15, 0.2) is 0 Å². The zero-order valence-corrected chi connectivity index (χ0v) is 18.3. The van der Waals surface area contributed by atoms with Crippen LogP contribution in [0.5, 0.6) is 0 Å². The number of piperidine rings is 1. The molecule has 1 aromatic heterocycles. The first-order chi connectivity index (χ1) is 14.3. The Bertz CT molecular complexity index is 830. The molecule has 0 aromatic carbocycles. The molecule has 3 heterocycles. The van der Waals surface area contributed by atoms with Gasteiger partial charge in [-0.1, -0.05) is 0 Å². The minimum absolute atomic E-state index is 0.105. The van der Waals surface area contributed by atoms with Crippen LogP contribution in [0.3, 0.4) is 0 Å². The van der Waals surface area contributed by atoms with Gasteiger partial charge in [-0.25, -0.2) is 14.8 Å². The summed E-state index contributed by atoms with van der Waals surface area (Å²) in [4.78, 5) is 35.1. The first-order valence-corrected chi connectivity index (χ1v) is 10.5. The maximum atomic E-state index is 13.0. The van der Waals surface area contributed by atoms with Gasteiger partial charge >= 0.3 is 12.3 Å². The largest absolute Gasteiger partial charge is 0.451 e. The standard InChI is InChI=1S/C21H29F3N4O3/c1-13-11-16(26-18(25-13)21(22,23)24)17(29)27-8-5-14(6-9-27)15-7-10-28(12-15)19(30)31-20(2,3)4/h11,14-15H,5-10,12H2,1-4H3. The summed E-state index contributed by atoms with van der Waals surface area (Å²) in [5, 5.41) is 0. The van der Waals surface area contributed by atoms with Crippen LogP contribution in [0.1, 0.15) is 62.0 Å². The van der Waals surface area contributed by atoms with Gasteiger partial charge in [-0.05, 0) is 64.9 Å².